The van der Waals surface area contributed by atoms with Gasteiger partial charge in [0.05, 0.1) is 38.0 Å². The maximum absolute atomic E-state index is 12.1. The number of quaternary nitrogens is 1. The number of hydrogen-bond acceptors (Lipinski definition) is 2. The van der Waals surface area contributed by atoms with Crippen LogP contribution < -0.4 is 4.90 Å². The van der Waals surface area contributed by atoms with Gasteiger partial charge in [0.15, 0.2) is 0 Å². The Morgan fingerprint density at radius 3 is 2.41 bits per heavy atom. The van der Waals surface area contributed by atoms with Gasteiger partial charge in [-0.2, -0.15) is 4.31 Å². The van der Waals surface area contributed by atoms with E-state index in [-0.39, 0.29) is 5.75 Å². The first kappa shape index (κ1) is 17.4. The summed E-state index contributed by atoms with van der Waals surface area (Å²) in [6.45, 7) is 7.41. The molecule has 0 radical (unpaired) electrons. The minimum Gasteiger partial charge on any atom is -0.331 e. The summed E-state index contributed by atoms with van der Waals surface area (Å²) in [5.74, 6) is 0.284. The highest BCUT2D eigenvalue weighted by molar-refractivity contribution is 7.89. The third-order valence-electron chi connectivity index (χ3n) is 4.63. The van der Waals surface area contributed by atoms with Gasteiger partial charge in [-0.3, -0.25) is 0 Å². The third-order valence-corrected chi connectivity index (χ3v) is 6.70. The molecule has 22 heavy (non-hydrogen) atoms. The summed E-state index contributed by atoms with van der Waals surface area (Å²) in [7, 11) is -3.02. The van der Waals surface area contributed by atoms with E-state index in [2.05, 4.69) is 31.2 Å². The van der Waals surface area contributed by atoms with Gasteiger partial charge in [0, 0.05) is 6.42 Å². The number of nitrogens with one attached hydrogen (secondary N) is 1. The standard InChI is InChI=1S/C17H28N2O2S/c1-3-15-22(20,21)19-13-11-18(12-14-19)16(2)9-10-17-7-5-4-6-8-17/h4-8,16H,3,9-15H2,1-2H3/p+1/t16-/m0/s1. The van der Waals surface area contributed by atoms with Crippen LogP contribution in [0.25, 0.3) is 0 Å². The fourth-order valence-corrected chi connectivity index (χ4v) is 4.68. The Labute approximate surface area is 135 Å². The molecule has 1 saturated heterocycles. The molecule has 1 aromatic rings. The minimum atomic E-state index is -3.02. The summed E-state index contributed by atoms with van der Waals surface area (Å²) in [6.07, 6.45) is 2.95. The quantitative estimate of drug-likeness (QED) is 0.811. The Bertz CT molecular complexity index is 537. The van der Waals surface area contributed by atoms with E-state index >= 15 is 0 Å². The summed E-state index contributed by atoms with van der Waals surface area (Å²) < 4.78 is 25.9. The number of rotatable bonds is 7. The topological polar surface area (TPSA) is 41.8 Å². The van der Waals surface area contributed by atoms with Crippen molar-refractivity contribution in [1.29, 1.82) is 0 Å². The molecule has 0 aliphatic carbocycles. The maximum atomic E-state index is 12.1. The lowest BCUT2D eigenvalue weighted by molar-refractivity contribution is -0.927. The maximum Gasteiger partial charge on any atom is 0.214 e. The van der Waals surface area contributed by atoms with E-state index in [9.17, 15) is 8.42 Å². The van der Waals surface area contributed by atoms with E-state index in [0.717, 1.165) is 25.9 Å². The van der Waals surface area contributed by atoms with Crippen LogP contribution in [-0.4, -0.2) is 50.7 Å². The molecule has 1 N–H and O–H groups in total. The molecule has 1 aliphatic heterocycles. The zero-order valence-corrected chi connectivity index (χ0v) is 14.6. The van der Waals surface area contributed by atoms with Crippen LogP contribution in [0.3, 0.4) is 0 Å². The molecule has 1 aromatic carbocycles. The second kappa shape index (κ2) is 8.09. The van der Waals surface area contributed by atoms with E-state index in [0.29, 0.717) is 25.6 Å². The molecule has 0 saturated carbocycles. The molecule has 4 nitrogen and oxygen atoms in total. The number of hydrogen-bond donors (Lipinski definition) is 1. The van der Waals surface area contributed by atoms with Crippen molar-refractivity contribution >= 4 is 10.0 Å². The fraction of sp³-hybridized carbons (Fsp3) is 0.647. The van der Waals surface area contributed by atoms with Gasteiger partial charge in [-0.1, -0.05) is 37.3 Å². The average molecular weight is 325 g/mol. The Morgan fingerprint density at radius 2 is 1.82 bits per heavy atom. The van der Waals surface area contributed by atoms with Crippen LogP contribution in [0, 0.1) is 0 Å². The highest BCUT2D eigenvalue weighted by Crippen LogP contribution is 2.06. The number of aryl methyl sites for hydroxylation is 1. The average Bonchev–Trinajstić information content (AvgIpc) is 2.54. The van der Waals surface area contributed by atoms with Gasteiger partial charge in [-0.05, 0) is 25.3 Å². The molecule has 2 rings (SSSR count). The zero-order chi connectivity index (χ0) is 16.0. The molecule has 0 aromatic heterocycles. The van der Waals surface area contributed by atoms with Crippen LogP contribution in [0.4, 0.5) is 0 Å². The molecule has 5 heteroatoms. The second-order valence-corrected chi connectivity index (χ2v) is 8.39. The number of sulfonamides is 1. The normalized spacial score (nSPS) is 19.2. The lowest BCUT2D eigenvalue weighted by Crippen LogP contribution is -3.18. The Hall–Kier alpha value is -0.910. The van der Waals surface area contributed by atoms with Crippen LogP contribution in [0.2, 0.25) is 0 Å². The van der Waals surface area contributed by atoms with E-state index in [1.165, 1.54) is 5.56 Å². The lowest BCUT2D eigenvalue weighted by atomic mass is 10.0. The largest absolute Gasteiger partial charge is 0.331 e. The van der Waals surface area contributed by atoms with Crippen LogP contribution in [0.15, 0.2) is 30.3 Å². The molecule has 0 bridgehead atoms. The van der Waals surface area contributed by atoms with E-state index < -0.39 is 10.0 Å². The van der Waals surface area contributed by atoms with Crippen molar-refractivity contribution in [2.75, 3.05) is 31.9 Å². The highest BCUT2D eigenvalue weighted by Gasteiger charge is 2.30. The monoisotopic (exact) mass is 325 g/mol. The summed E-state index contributed by atoms with van der Waals surface area (Å²) in [5, 5.41) is 0. The van der Waals surface area contributed by atoms with Gasteiger partial charge in [0.25, 0.3) is 0 Å². The molecule has 1 heterocycles. The van der Waals surface area contributed by atoms with Crippen molar-refractivity contribution in [3.8, 4) is 0 Å². The highest BCUT2D eigenvalue weighted by atomic mass is 32.2. The summed E-state index contributed by atoms with van der Waals surface area (Å²) in [6, 6.07) is 11.2. The minimum absolute atomic E-state index is 0.284. The molecule has 124 valence electrons. The predicted molar refractivity (Wildman–Crippen MR) is 90.6 cm³/mol. The zero-order valence-electron chi connectivity index (χ0n) is 13.8. The van der Waals surface area contributed by atoms with Gasteiger partial charge in [0.2, 0.25) is 10.0 Å². The molecule has 0 unspecified atom stereocenters. The SMILES string of the molecule is CCCS(=O)(=O)N1CC[NH+]([C@@H](C)CCc2ccccc2)CC1. The first-order chi connectivity index (χ1) is 10.5. The van der Waals surface area contributed by atoms with Crippen molar-refractivity contribution in [3.63, 3.8) is 0 Å². The van der Waals surface area contributed by atoms with E-state index in [4.69, 9.17) is 0 Å². The second-order valence-electron chi connectivity index (χ2n) is 6.30. The number of nitrogens with zero attached hydrogens (tertiary/aromatic N) is 1. The van der Waals surface area contributed by atoms with Gasteiger partial charge >= 0.3 is 0 Å². The molecular formula is C17H29N2O2S+. The predicted octanol–water partition coefficient (Wildman–Crippen LogP) is 0.948. The van der Waals surface area contributed by atoms with Gasteiger partial charge in [-0.25, -0.2) is 8.42 Å². The molecule has 1 atom stereocenters. The third kappa shape index (κ3) is 4.80. The Morgan fingerprint density at radius 1 is 1.18 bits per heavy atom. The molecule has 1 aliphatic rings. The Kier molecular flexibility index (Phi) is 6.41. The Balaban J connectivity index is 1.79. The van der Waals surface area contributed by atoms with Crippen molar-refractivity contribution in [2.24, 2.45) is 0 Å². The smallest absolute Gasteiger partial charge is 0.214 e. The van der Waals surface area contributed by atoms with Gasteiger partial charge < -0.3 is 4.90 Å². The molecule has 0 spiro atoms. The summed E-state index contributed by atoms with van der Waals surface area (Å²) >= 11 is 0. The van der Waals surface area contributed by atoms with Gasteiger partial charge in [-0.15, -0.1) is 0 Å². The molecule has 1 fully saturated rings. The van der Waals surface area contributed by atoms with Crippen molar-refractivity contribution in [2.45, 2.75) is 39.2 Å². The van der Waals surface area contributed by atoms with Crippen LogP contribution in [-0.2, 0) is 16.4 Å². The molecule has 0 amide bonds. The number of piperazine rings is 1. The first-order valence-corrected chi connectivity index (χ1v) is 10.00. The number of benzene rings is 1. The molecular weight excluding hydrogens is 296 g/mol. The lowest BCUT2D eigenvalue weighted by Gasteiger charge is -2.34. The van der Waals surface area contributed by atoms with Crippen molar-refractivity contribution in [1.82, 2.24) is 4.31 Å². The fourth-order valence-electron chi connectivity index (χ4n) is 3.16. The van der Waals surface area contributed by atoms with E-state index in [1.54, 1.807) is 9.21 Å². The van der Waals surface area contributed by atoms with E-state index in [1.807, 2.05) is 13.0 Å². The first-order valence-electron chi connectivity index (χ1n) is 8.39. The van der Waals surface area contributed by atoms with Crippen LogP contribution >= 0.6 is 0 Å². The summed E-state index contributed by atoms with van der Waals surface area (Å²) in [4.78, 5) is 1.54. The van der Waals surface area contributed by atoms with Crippen molar-refractivity contribution in [3.05, 3.63) is 35.9 Å². The summed E-state index contributed by atoms with van der Waals surface area (Å²) in [5.41, 5.74) is 1.39. The van der Waals surface area contributed by atoms with Gasteiger partial charge in [0.1, 0.15) is 0 Å². The van der Waals surface area contributed by atoms with Crippen LogP contribution in [0.5, 0.6) is 0 Å². The van der Waals surface area contributed by atoms with Crippen LogP contribution in [0.1, 0.15) is 32.3 Å². The van der Waals surface area contributed by atoms with Crippen molar-refractivity contribution < 1.29 is 13.3 Å².